The lowest BCUT2D eigenvalue weighted by Crippen LogP contribution is -2.37. The van der Waals surface area contributed by atoms with Gasteiger partial charge < -0.3 is 10.2 Å². The summed E-state index contributed by atoms with van der Waals surface area (Å²) in [5.74, 6) is -1.16. The van der Waals surface area contributed by atoms with Gasteiger partial charge in [0.25, 0.3) is 0 Å². The molecule has 0 aliphatic heterocycles. The maximum atomic E-state index is 11.3. The molecular formula is C7H11N3OS. The first-order valence-corrected chi connectivity index (χ1v) is 3.77. The zero-order chi connectivity index (χ0) is 9.72. The Morgan fingerprint density at radius 3 is 2.42 bits per heavy atom. The van der Waals surface area contributed by atoms with Gasteiger partial charge in [-0.1, -0.05) is 12.2 Å². The molecule has 12 heavy (non-hydrogen) atoms. The summed E-state index contributed by atoms with van der Waals surface area (Å²) in [6.07, 6.45) is 0. The normalized spacial score (nSPS) is 11.2. The van der Waals surface area contributed by atoms with E-state index in [0.29, 0.717) is 0 Å². The quantitative estimate of drug-likeness (QED) is 0.603. The number of nitrogens with one attached hydrogen (secondary N) is 1. The number of rotatable bonds is 2. The van der Waals surface area contributed by atoms with Crippen LogP contribution in [0.3, 0.4) is 0 Å². The molecule has 0 aromatic rings. The van der Waals surface area contributed by atoms with Crippen LogP contribution in [-0.2, 0) is 4.79 Å². The second kappa shape index (κ2) is 4.67. The van der Waals surface area contributed by atoms with Gasteiger partial charge in [-0.05, 0) is 0 Å². The Morgan fingerprint density at radius 2 is 2.17 bits per heavy atom. The lowest BCUT2D eigenvalue weighted by Gasteiger charge is -2.14. The van der Waals surface area contributed by atoms with Crippen molar-refractivity contribution in [3.8, 4) is 6.07 Å². The van der Waals surface area contributed by atoms with Gasteiger partial charge in [0.2, 0.25) is 5.91 Å². The van der Waals surface area contributed by atoms with E-state index >= 15 is 0 Å². The summed E-state index contributed by atoms with van der Waals surface area (Å²) in [4.78, 5) is 12.9. The minimum Gasteiger partial charge on any atom is -0.381 e. The van der Waals surface area contributed by atoms with Crippen molar-refractivity contribution in [2.45, 2.75) is 0 Å². The molecule has 4 nitrogen and oxygen atoms in total. The fourth-order valence-corrected chi connectivity index (χ4v) is 0.782. The monoisotopic (exact) mass is 185 g/mol. The van der Waals surface area contributed by atoms with Crippen LogP contribution in [0.5, 0.6) is 0 Å². The van der Waals surface area contributed by atoms with E-state index in [2.05, 4.69) is 5.32 Å². The van der Waals surface area contributed by atoms with Gasteiger partial charge in [-0.25, -0.2) is 0 Å². The number of carbonyl (C=O) groups excluding carboxylic acids is 1. The van der Waals surface area contributed by atoms with E-state index in [9.17, 15) is 4.79 Å². The Labute approximate surface area is 77.2 Å². The highest BCUT2D eigenvalue weighted by molar-refractivity contribution is 7.80. The Kier molecular flexibility index (Phi) is 4.22. The van der Waals surface area contributed by atoms with Crippen LogP contribution in [0.15, 0.2) is 0 Å². The zero-order valence-corrected chi connectivity index (χ0v) is 8.10. The summed E-state index contributed by atoms with van der Waals surface area (Å²) in [7, 11) is 4.77. The Hall–Kier alpha value is -1.15. The number of nitrogens with zero attached hydrogens (tertiary/aromatic N) is 2. The van der Waals surface area contributed by atoms with Crippen LogP contribution in [0.1, 0.15) is 0 Å². The summed E-state index contributed by atoms with van der Waals surface area (Å²) < 4.78 is 0. The average Bonchev–Trinajstić information content (AvgIpc) is 2.05. The van der Waals surface area contributed by atoms with E-state index in [4.69, 9.17) is 17.5 Å². The second-order valence-corrected chi connectivity index (χ2v) is 2.85. The molecule has 0 spiro atoms. The SMILES string of the molecule is CNC(=S)C(C#N)C(=O)N(C)C. The van der Waals surface area contributed by atoms with Gasteiger partial charge in [-0.2, -0.15) is 5.26 Å². The van der Waals surface area contributed by atoms with E-state index in [1.54, 1.807) is 21.1 Å². The van der Waals surface area contributed by atoms with E-state index in [1.807, 2.05) is 6.07 Å². The molecule has 0 bridgehead atoms. The summed E-state index contributed by atoms with van der Waals surface area (Å²) in [6.45, 7) is 0. The van der Waals surface area contributed by atoms with Crippen molar-refractivity contribution in [2.24, 2.45) is 5.92 Å². The maximum Gasteiger partial charge on any atom is 0.246 e. The molecule has 0 fully saturated rings. The molecule has 1 N–H and O–H groups in total. The third kappa shape index (κ3) is 2.47. The largest absolute Gasteiger partial charge is 0.381 e. The number of hydrogen-bond donors (Lipinski definition) is 1. The fraction of sp³-hybridized carbons (Fsp3) is 0.571. The van der Waals surface area contributed by atoms with Crippen molar-refractivity contribution < 1.29 is 4.79 Å². The Bertz CT molecular complexity index is 231. The van der Waals surface area contributed by atoms with Crippen molar-refractivity contribution in [3.05, 3.63) is 0 Å². The van der Waals surface area contributed by atoms with Gasteiger partial charge in [0.1, 0.15) is 4.99 Å². The highest BCUT2D eigenvalue weighted by atomic mass is 32.1. The number of carbonyl (C=O) groups is 1. The first-order chi connectivity index (χ1) is 5.54. The molecule has 66 valence electrons. The van der Waals surface area contributed by atoms with Crippen LogP contribution in [0.25, 0.3) is 0 Å². The summed E-state index contributed by atoms with van der Waals surface area (Å²) >= 11 is 4.79. The molecule has 1 unspecified atom stereocenters. The van der Waals surface area contributed by atoms with Crippen LogP contribution < -0.4 is 5.32 Å². The molecular weight excluding hydrogens is 174 g/mol. The Morgan fingerprint density at radius 1 is 1.67 bits per heavy atom. The zero-order valence-electron chi connectivity index (χ0n) is 7.29. The minimum absolute atomic E-state index is 0.260. The van der Waals surface area contributed by atoms with Crippen molar-refractivity contribution in [1.82, 2.24) is 10.2 Å². The predicted octanol–water partition coefficient (Wildman–Crippen LogP) is -0.239. The highest BCUT2D eigenvalue weighted by Gasteiger charge is 2.23. The van der Waals surface area contributed by atoms with E-state index in [0.717, 1.165) is 0 Å². The lowest BCUT2D eigenvalue weighted by molar-refractivity contribution is -0.129. The standard InChI is InChI=1S/C7H11N3OS/c1-9-6(12)5(4-8)7(11)10(2)3/h5H,1-3H3,(H,9,12). The van der Waals surface area contributed by atoms with Crippen molar-refractivity contribution in [2.75, 3.05) is 21.1 Å². The Balaban J connectivity index is 4.49. The predicted molar refractivity (Wildman–Crippen MR) is 49.5 cm³/mol. The summed E-state index contributed by atoms with van der Waals surface area (Å²) in [5.41, 5.74) is 0. The van der Waals surface area contributed by atoms with Crippen LogP contribution in [0.4, 0.5) is 0 Å². The van der Waals surface area contributed by atoms with Gasteiger partial charge >= 0.3 is 0 Å². The molecule has 5 heteroatoms. The molecule has 0 saturated carbocycles. The van der Waals surface area contributed by atoms with Gasteiger partial charge in [-0.15, -0.1) is 0 Å². The second-order valence-electron chi connectivity index (χ2n) is 2.41. The lowest BCUT2D eigenvalue weighted by atomic mass is 10.1. The molecule has 0 saturated heterocycles. The van der Waals surface area contributed by atoms with E-state index in [-0.39, 0.29) is 10.9 Å². The fourth-order valence-electron chi connectivity index (χ4n) is 0.629. The van der Waals surface area contributed by atoms with Crippen molar-refractivity contribution >= 4 is 23.1 Å². The van der Waals surface area contributed by atoms with Crippen LogP contribution in [0, 0.1) is 17.2 Å². The van der Waals surface area contributed by atoms with Gasteiger partial charge in [0.15, 0.2) is 5.92 Å². The number of amides is 1. The molecule has 0 heterocycles. The third-order valence-electron chi connectivity index (χ3n) is 1.33. The van der Waals surface area contributed by atoms with Crippen LogP contribution >= 0.6 is 12.2 Å². The van der Waals surface area contributed by atoms with Gasteiger partial charge in [0.05, 0.1) is 6.07 Å². The summed E-state index contributed by atoms with van der Waals surface area (Å²) in [6, 6.07) is 1.84. The van der Waals surface area contributed by atoms with E-state index in [1.165, 1.54) is 4.90 Å². The average molecular weight is 185 g/mol. The maximum absolute atomic E-state index is 11.3. The minimum atomic E-state index is -0.861. The van der Waals surface area contributed by atoms with Crippen LogP contribution in [-0.4, -0.2) is 36.9 Å². The number of hydrogen-bond acceptors (Lipinski definition) is 3. The van der Waals surface area contributed by atoms with Crippen LogP contribution in [0.2, 0.25) is 0 Å². The molecule has 0 rings (SSSR count). The molecule has 0 aliphatic rings. The third-order valence-corrected chi connectivity index (χ3v) is 1.77. The molecule has 0 aromatic carbocycles. The van der Waals surface area contributed by atoms with Gasteiger partial charge in [-0.3, -0.25) is 4.79 Å². The number of thiocarbonyl (C=S) groups is 1. The smallest absolute Gasteiger partial charge is 0.246 e. The summed E-state index contributed by atoms with van der Waals surface area (Å²) in [5, 5.41) is 11.2. The van der Waals surface area contributed by atoms with Crippen molar-refractivity contribution in [3.63, 3.8) is 0 Å². The van der Waals surface area contributed by atoms with Crippen molar-refractivity contribution in [1.29, 1.82) is 5.26 Å². The number of nitriles is 1. The molecule has 1 amide bonds. The molecule has 0 aromatic heterocycles. The molecule has 0 radical (unpaired) electrons. The van der Waals surface area contributed by atoms with E-state index < -0.39 is 5.92 Å². The molecule has 1 atom stereocenters. The first-order valence-electron chi connectivity index (χ1n) is 3.37. The topological polar surface area (TPSA) is 56.1 Å². The molecule has 0 aliphatic carbocycles. The first kappa shape index (κ1) is 10.8. The highest BCUT2D eigenvalue weighted by Crippen LogP contribution is 2.00. The van der Waals surface area contributed by atoms with Gasteiger partial charge in [0, 0.05) is 21.1 Å².